The van der Waals surface area contributed by atoms with Gasteiger partial charge in [-0.25, -0.2) is 0 Å². The van der Waals surface area contributed by atoms with Crippen molar-refractivity contribution in [2.45, 2.75) is 19.9 Å². The van der Waals surface area contributed by atoms with Crippen LogP contribution in [0.1, 0.15) is 28.5 Å². The number of carbonyl (C=O) groups is 1. The predicted octanol–water partition coefficient (Wildman–Crippen LogP) is 3.56. The maximum Gasteiger partial charge on any atom is 0.270 e. The lowest BCUT2D eigenvalue weighted by molar-refractivity contribution is -0.384. The first-order chi connectivity index (χ1) is 13.0. The van der Waals surface area contributed by atoms with Crippen LogP contribution in [0.15, 0.2) is 30.3 Å². The lowest BCUT2D eigenvalue weighted by Crippen LogP contribution is -2.29. The van der Waals surface area contributed by atoms with Crippen LogP contribution in [0.25, 0.3) is 6.08 Å². The van der Waals surface area contributed by atoms with Gasteiger partial charge in [-0.15, -0.1) is 11.3 Å². The molecular weight excluding hydrogens is 364 g/mol. The lowest BCUT2D eigenvalue weighted by Gasteiger charge is -2.24. The molecule has 1 amide bonds. The first-order valence-electron chi connectivity index (χ1n) is 8.52. The van der Waals surface area contributed by atoms with Crippen LogP contribution in [0, 0.1) is 21.4 Å². The molecule has 2 aromatic rings. The fourth-order valence-corrected chi connectivity index (χ4v) is 4.24. The number of hydrogen-bond donors (Lipinski definition) is 1. The highest BCUT2D eigenvalue weighted by Crippen LogP contribution is 2.36. The number of carbonyl (C=O) groups excluding carboxylic acids is 1. The number of nitrogens with one attached hydrogen (secondary N) is 1. The van der Waals surface area contributed by atoms with Crippen molar-refractivity contribution in [1.29, 1.82) is 5.26 Å². The standard InChI is InChI=1S/C19H18N4O3S/c1-2-22-9-8-15-16(11-20)19(27-17(15)12-22)21-18(24)7-6-13-4-3-5-14(10-13)23(25)26/h3-7,10H,2,8-9,12H2,1H3,(H,21,24)/b7-6-. The van der Waals surface area contributed by atoms with E-state index in [0.717, 1.165) is 36.5 Å². The second-order valence-electron chi connectivity index (χ2n) is 6.11. The van der Waals surface area contributed by atoms with Gasteiger partial charge in [-0.05, 0) is 30.2 Å². The topological polar surface area (TPSA) is 99.3 Å². The third-order valence-corrected chi connectivity index (χ3v) is 5.57. The minimum Gasteiger partial charge on any atom is -0.313 e. The number of nitriles is 1. The summed E-state index contributed by atoms with van der Waals surface area (Å²) in [4.78, 5) is 26.0. The summed E-state index contributed by atoms with van der Waals surface area (Å²) >= 11 is 1.44. The Balaban J connectivity index is 1.75. The maximum atomic E-state index is 12.3. The summed E-state index contributed by atoms with van der Waals surface area (Å²) in [6.07, 6.45) is 3.64. The van der Waals surface area contributed by atoms with Crippen molar-refractivity contribution in [3.8, 4) is 6.07 Å². The highest BCUT2D eigenvalue weighted by Gasteiger charge is 2.24. The SMILES string of the molecule is CCN1CCc2c(sc(NC(=O)/C=C\c3cccc([N+](=O)[O-])c3)c2C#N)C1. The quantitative estimate of drug-likeness (QED) is 0.484. The number of amides is 1. The smallest absolute Gasteiger partial charge is 0.270 e. The van der Waals surface area contributed by atoms with E-state index in [1.165, 1.54) is 35.6 Å². The van der Waals surface area contributed by atoms with Crippen LogP contribution in [0.2, 0.25) is 0 Å². The first kappa shape index (κ1) is 18.8. The minimum absolute atomic E-state index is 0.0317. The molecule has 0 bridgehead atoms. The Bertz CT molecular complexity index is 958. The molecular formula is C19H18N4O3S. The molecule has 1 aliphatic heterocycles. The van der Waals surface area contributed by atoms with Gasteiger partial charge in [0.2, 0.25) is 5.91 Å². The van der Waals surface area contributed by atoms with Crippen molar-refractivity contribution in [3.63, 3.8) is 0 Å². The van der Waals surface area contributed by atoms with Crippen LogP contribution >= 0.6 is 11.3 Å². The number of hydrogen-bond acceptors (Lipinski definition) is 6. The molecule has 2 heterocycles. The van der Waals surface area contributed by atoms with Crippen LogP contribution in [0.4, 0.5) is 10.7 Å². The Morgan fingerprint density at radius 2 is 2.33 bits per heavy atom. The zero-order valence-electron chi connectivity index (χ0n) is 14.8. The number of anilines is 1. The van der Waals surface area contributed by atoms with Gasteiger partial charge < -0.3 is 5.32 Å². The second kappa shape index (κ2) is 8.12. The van der Waals surface area contributed by atoms with E-state index in [4.69, 9.17) is 0 Å². The number of fused-ring (bicyclic) bond motifs is 1. The van der Waals surface area contributed by atoms with Gasteiger partial charge in [0.1, 0.15) is 11.1 Å². The molecule has 1 aromatic carbocycles. The van der Waals surface area contributed by atoms with Gasteiger partial charge in [-0.3, -0.25) is 19.8 Å². The number of rotatable bonds is 5. The molecule has 0 saturated heterocycles. The van der Waals surface area contributed by atoms with Crippen LogP contribution in [-0.2, 0) is 17.8 Å². The van der Waals surface area contributed by atoms with Crippen LogP contribution in [0.3, 0.4) is 0 Å². The Morgan fingerprint density at radius 3 is 3.04 bits per heavy atom. The molecule has 0 aliphatic carbocycles. The van der Waals surface area contributed by atoms with Crippen molar-refractivity contribution in [2.75, 3.05) is 18.4 Å². The van der Waals surface area contributed by atoms with Gasteiger partial charge in [0.05, 0.1) is 10.5 Å². The predicted molar refractivity (Wildman–Crippen MR) is 104 cm³/mol. The molecule has 138 valence electrons. The summed E-state index contributed by atoms with van der Waals surface area (Å²) in [6.45, 7) is 4.76. The highest BCUT2D eigenvalue weighted by atomic mass is 32.1. The number of nitro groups is 1. The molecule has 0 spiro atoms. The van der Waals surface area contributed by atoms with Gasteiger partial charge >= 0.3 is 0 Å². The van der Waals surface area contributed by atoms with Crippen molar-refractivity contribution in [3.05, 3.63) is 62.0 Å². The Morgan fingerprint density at radius 1 is 1.52 bits per heavy atom. The van der Waals surface area contributed by atoms with E-state index in [1.807, 2.05) is 0 Å². The van der Waals surface area contributed by atoms with Gasteiger partial charge in [0, 0.05) is 36.2 Å². The highest BCUT2D eigenvalue weighted by molar-refractivity contribution is 7.16. The van der Waals surface area contributed by atoms with Crippen molar-refractivity contribution in [1.82, 2.24) is 4.90 Å². The van der Waals surface area contributed by atoms with E-state index in [-0.39, 0.29) is 11.6 Å². The minimum atomic E-state index is -0.480. The molecule has 0 atom stereocenters. The number of non-ortho nitro benzene ring substituents is 1. The molecule has 1 N–H and O–H groups in total. The van der Waals surface area contributed by atoms with Crippen molar-refractivity contribution >= 4 is 34.0 Å². The largest absolute Gasteiger partial charge is 0.313 e. The number of nitro benzene ring substituents is 1. The first-order valence-corrected chi connectivity index (χ1v) is 9.34. The molecule has 0 saturated carbocycles. The average Bonchev–Trinajstić information content (AvgIpc) is 3.02. The monoisotopic (exact) mass is 382 g/mol. The molecule has 1 aromatic heterocycles. The third-order valence-electron chi connectivity index (χ3n) is 4.44. The van der Waals surface area contributed by atoms with Gasteiger partial charge in [-0.2, -0.15) is 5.26 Å². The molecule has 27 heavy (non-hydrogen) atoms. The maximum absolute atomic E-state index is 12.3. The van der Waals surface area contributed by atoms with E-state index in [9.17, 15) is 20.2 Å². The Hall–Kier alpha value is -3.02. The van der Waals surface area contributed by atoms with Crippen molar-refractivity contribution in [2.24, 2.45) is 0 Å². The van der Waals surface area contributed by atoms with E-state index in [1.54, 1.807) is 12.1 Å². The summed E-state index contributed by atoms with van der Waals surface area (Å²) < 4.78 is 0. The van der Waals surface area contributed by atoms with Gasteiger partial charge in [-0.1, -0.05) is 19.1 Å². The summed E-state index contributed by atoms with van der Waals surface area (Å²) in [7, 11) is 0. The molecule has 0 unspecified atom stereocenters. The summed E-state index contributed by atoms with van der Waals surface area (Å²) in [6, 6.07) is 8.25. The van der Waals surface area contributed by atoms with E-state index < -0.39 is 4.92 Å². The lowest BCUT2D eigenvalue weighted by atomic mass is 10.0. The third kappa shape index (κ3) is 4.22. The van der Waals surface area contributed by atoms with Crippen LogP contribution in [0.5, 0.6) is 0 Å². The molecule has 0 radical (unpaired) electrons. The molecule has 3 rings (SSSR count). The zero-order chi connectivity index (χ0) is 19.4. The molecule has 8 heteroatoms. The summed E-state index contributed by atoms with van der Waals surface area (Å²) in [5.41, 5.74) is 2.10. The van der Waals surface area contributed by atoms with Gasteiger partial charge in [0.15, 0.2) is 0 Å². The summed E-state index contributed by atoms with van der Waals surface area (Å²) in [5.74, 6) is -0.371. The van der Waals surface area contributed by atoms with E-state index in [0.29, 0.717) is 16.1 Å². The normalized spacial score (nSPS) is 13.9. The number of thiophene rings is 1. The zero-order valence-corrected chi connectivity index (χ0v) is 15.6. The van der Waals surface area contributed by atoms with Crippen molar-refractivity contribution < 1.29 is 9.72 Å². The second-order valence-corrected chi connectivity index (χ2v) is 7.22. The number of nitrogens with zero attached hydrogens (tertiary/aromatic N) is 3. The molecule has 0 fully saturated rings. The number of likely N-dealkylation sites (N-methyl/N-ethyl adjacent to an activating group) is 1. The molecule has 1 aliphatic rings. The summed E-state index contributed by atoms with van der Waals surface area (Å²) in [5, 5.41) is 23.7. The molecule has 7 nitrogen and oxygen atoms in total. The van der Waals surface area contributed by atoms with Gasteiger partial charge in [0.25, 0.3) is 5.69 Å². The van der Waals surface area contributed by atoms with E-state index >= 15 is 0 Å². The average molecular weight is 382 g/mol. The Labute approximate surface area is 160 Å². The fraction of sp³-hybridized carbons (Fsp3) is 0.263. The van der Waals surface area contributed by atoms with E-state index in [2.05, 4.69) is 23.2 Å². The fourth-order valence-electron chi connectivity index (χ4n) is 3.00. The Kier molecular flexibility index (Phi) is 5.64. The number of benzene rings is 1. The van der Waals surface area contributed by atoms with Crippen LogP contribution < -0.4 is 5.32 Å². The van der Waals surface area contributed by atoms with Crippen LogP contribution in [-0.4, -0.2) is 28.8 Å².